The molecule has 0 nitrogen and oxygen atoms in total. The fourth-order valence-electron chi connectivity index (χ4n) is 4.25. The van der Waals surface area contributed by atoms with Crippen LogP contribution in [-0.4, -0.2) is 0 Å². The number of hydrogen-bond acceptors (Lipinski definition) is 0. The van der Waals surface area contributed by atoms with Crippen LogP contribution in [0.2, 0.25) is 0 Å². The molecule has 0 heteroatoms. The summed E-state index contributed by atoms with van der Waals surface area (Å²) in [5, 5.41) is 0. The van der Waals surface area contributed by atoms with Gasteiger partial charge < -0.3 is 0 Å². The monoisotopic (exact) mass is 208 g/mol. The first-order valence-corrected chi connectivity index (χ1v) is 7.02. The summed E-state index contributed by atoms with van der Waals surface area (Å²) in [6.07, 6.45) is 4.43. The van der Waals surface area contributed by atoms with Crippen LogP contribution in [0.15, 0.2) is 0 Å². The van der Waals surface area contributed by atoms with Crippen LogP contribution < -0.4 is 0 Å². The van der Waals surface area contributed by atoms with Crippen LogP contribution in [0.25, 0.3) is 0 Å². The van der Waals surface area contributed by atoms with Gasteiger partial charge in [0.25, 0.3) is 0 Å². The second-order valence-electron chi connectivity index (χ2n) is 6.85. The molecule has 2 aliphatic carbocycles. The van der Waals surface area contributed by atoms with Crippen molar-refractivity contribution in [2.24, 2.45) is 41.4 Å². The topological polar surface area (TPSA) is 0 Å². The van der Waals surface area contributed by atoms with E-state index in [2.05, 4.69) is 34.6 Å². The molecule has 88 valence electrons. The van der Waals surface area contributed by atoms with Crippen molar-refractivity contribution in [3.05, 3.63) is 0 Å². The van der Waals surface area contributed by atoms with Crippen LogP contribution in [-0.2, 0) is 0 Å². The molecule has 2 fully saturated rings. The maximum absolute atomic E-state index is 2.46. The average Bonchev–Trinajstić information content (AvgIpc) is 2.83. The fourth-order valence-corrected chi connectivity index (χ4v) is 4.25. The summed E-state index contributed by atoms with van der Waals surface area (Å²) in [4.78, 5) is 0. The Morgan fingerprint density at radius 1 is 0.933 bits per heavy atom. The first-order chi connectivity index (χ1) is 7.02. The second-order valence-corrected chi connectivity index (χ2v) is 6.85. The van der Waals surface area contributed by atoms with Crippen LogP contribution in [0.1, 0.15) is 53.9 Å². The Labute approximate surface area is 95.8 Å². The van der Waals surface area contributed by atoms with E-state index in [-0.39, 0.29) is 0 Å². The molecule has 5 unspecified atom stereocenters. The fraction of sp³-hybridized carbons (Fsp3) is 1.00. The van der Waals surface area contributed by atoms with Crippen molar-refractivity contribution in [3.8, 4) is 0 Å². The van der Waals surface area contributed by atoms with Gasteiger partial charge in [-0.05, 0) is 54.3 Å². The third-order valence-corrected chi connectivity index (χ3v) is 5.20. The number of fused-ring (bicyclic) bond motifs is 1. The Morgan fingerprint density at radius 3 is 1.93 bits per heavy atom. The van der Waals surface area contributed by atoms with Crippen molar-refractivity contribution in [2.45, 2.75) is 53.9 Å². The van der Waals surface area contributed by atoms with Gasteiger partial charge in [-0.1, -0.05) is 41.0 Å². The van der Waals surface area contributed by atoms with Gasteiger partial charge in [0.05, 0.1) is 0 Å². The Balaban J connectivity index is 1.64. The van der Waals surface area contributed by atoms with E-state index in [4.69, 9.17) is 0 Å². The first-order valence-electron chi connectivity index (χ1n) is 7.02. The van der Waals surface area contributed by atoms with Crippen LogP contribution >= 0.6 is 0 Å². The lowest BCUT2D eigenvalue weighted by Crippen LogP contribution is -2.23. The lowest BCUT2D eigenvalue weighted by molar-refractivity contribution is 0.195. The van der Waals surface area contributed by atoms with Crippen molar-refractivity contribution in [1.29, 1.82) is 0 Å². The zero-order chi connectivity index (χ0) is 11.2. The summed E-state index contributed by atoms with van der Waals surface area (Å²) in [5.41, 5.74) is 0. The summed E-state index contributed by atoms with van der Waals surface area (Å²) in [6.45, 7) is 12.1. The summed E-state index contributed by atoms with van der Waals surface area (Å²) >= 11 is 0. The lowest BCUT2D eigenvalue weighted by atomic mass is 9.77. The van der Waals surface area contributed by atoms with Crippen molar-refractivity contribution in [1.82, 2.24) is 0 Å². The van der Waals surface area contributed by atoms with Gasteiger partial charge in [0.2, 0.25) is 0 Å². The van der Waals surface area contributed by atoms with Crippen molar-refractivity contribution < 1.29 is 0 Å². The molecule has 0 aromatic carbocycles. The Morgan fingerprint density at radius 2 is 1.47 bits per heavy atom. The SMILES string of the molecule is CC(C)CC(C)CCC1C2C(C)C(C)C12. The molecule has 15 heavy (non-hydrogen) atoms. The molecule has 0 bridgehead atoms. The van der Waals surface area contributed by atoms with Gasteiger partial charge in [0.1, 0.15) is 0 Å². The lowest BCUT2D eigenvalue weighted by Gasteiger charge is -2.28. The van der Waals surface area contributed by atoms with Crippen LogP contribution in [0.4, 0.5) is 0 Å². The van der Waals surface area contributed by atoms with Crippen molar-refractivity contribution in [2.75, 3.05) is 0 Å². The van der Waals surface area contributed by atoms with Crippen molar-refractivity contribution in [3.63, 3.8) is 0 Å². The third-order valence-electron chi connectivity index (χ3n) is 5.20. The average molecular weight is 208 g/mol. The summed E-state index contributed by atoms with van der Waals surface area (Å²) in [5.74, 6) is 7.34. The maximum Gasteiger partial charge on any atom is -0.0321 e. The van der Waals surface area contributed by atoms with E-state index in [0.717, 1.165) is 41.4 Å². The normalized spacial score (nSPS) is 44.8. The molecular weight excluding hydrogens is 180 g/mol. The standard InChI is InChI=1S/C15H28/c1-9(2)8-10(3)6-7-13-14-11(4)12(5)15(13)14/h9-15H,6-8H2,1-5H3. The largest absolute Gasteiger partial charge is 0.0628 e. The Bertz CT molecular complexity index is 204. The van der Waals surface area contributed by atoms with Crippen LogP contribution in [0.3, 0.4) is 0 Å². The summed E-state index contributed by atoms with van der Waals surface area (Å²) in [6, 6.07) is 0. The smallest absolute Gasteiger partial charge is 0.0321 e. The van der Waals surface area contributed by atoms with E-state index in [0.29, 0.717) is 0 Å². The third kappa shape index (κ3) is 2.10. The van der Waals surface area contributed by atoms with Gasteiger partial charge in [-0.25, -0.2) is 0 Å². The van der Waals surface area contributed by atoms with E-state index in [1.807, 2.05) is 0 Å². The predicted molar refractivity (Wildman–Crippen MR) is 66.7 cm³/mol. The van der Waals surface area contributed by atoms with Crippen LogP contribution in [0.5, 0.6) is 0 Å². The molecule has 0 aromatic heterocycles. The minimum Gasteiger partial charge on any atom is -0.0628 e. The first kappa shape index (κ1) is 11.5. The highest BCUT2D eigenvalue weighted by Crippen LogP contribution is 2.69. The van der Waals surface area contributed by atoms with E-state index in [9.17, 15) is 0 Å². The van der Waals surface area contributed by atoms with Gasteiger partial charge in [-0.2, -0.15) is 0 Å². The van der Waals surface area contributed by atoms with E-state index < -0.39 is 0 Å². The molecule has 0 aliphatic heterocycles. The minimum atomic E-state index is 0.883. The van der Waals surface area contributed by atoms with Crippen LogP contribution in [0, 0.1) is 41.4 Å². The maximum atomic E-state index is 2.46. The van der Waals surface area contributed by atoms with E-state index in [1.54, 1.807) is 0 Å². The molecular formula is C15H28. The molecule has 0 heterocycles. The molecule has 0 saturated heterocycles. The highest BCUT2D eigenvalue weighted by atomic mass is 14.7. The van der Waals surface area contributed by atoms with Gasteiger partial charge in [0, 0.05) is 0 Å². The molecule has 0 radical (unpaired) electrons. The number of rotatable bonds is 5. The highest BCUT2D eigenvalue weighted by Gasteiger charge is 2.64. The minimum absolute atomic E-state index is 0.883. The molecule has 0 amide bonds. The summed E-state index contributed by atoms with van der Waals surface area (Å²) < 4.78 is 0. The molecule has 5 atom stereocenters. The molecule has 0 spiro atoms. The predicted octanol–water partition coefficient (Wildman–Crippen LogP) is 4.60. The molecule has 2 aliphatic rings. The van der Waals surface area contributed by atoms with E-state index >= 15 is 0 Å². The van der Waals surface area contributed by atoms with Crippen molar-refractivity contribution >= 4 is 0 Å². The molecule has 2 rings (SSSR count). The van der Waals surface area contributed by atoms with Gasteiger partial charge in [0.15, 0.2) is 0 Å². The molecule has 0 N–H and O–H groups in total. The second kappa shape index (κ2) is 4.11. The quantitative estimate of drug-likeness (QED) is 0.619. The molecule has 2 saturated carbocycles. The van der Waals surface area contributed by atoms with Gasteiger partial charge in [-0.15, -0.1) is 0 Å². The number of hydrogen-bond donors (Lipinski definition) is 0. The zero-order valence-electron chi connectivity index (χ0n) is 11.2. The van der Waals surface area contributed by atoms with Gasteiger partial charge in [-0.3, -0.25) is 0 Å². The van der Waals surface area contributed by atoms with Gasteiger partial charge >= 0.3 is 0 Å². The highest BCUT2D eigenvalue weighted by molar-refractivity contribution is 5.12. The Kier molecular flexibility index (Phi) is 3.14. The van der Waals surface area contributed by atoms with E-state index in [1.165, 1.54) is 19.3 Å². The Hall–Kier alpha value is 0. The zero-order valence-corrected chi connectivity index (χ0v) is 11.2. The molecule has 0 aromatic rings. The summed E-state index contributed by atoms with van der Waals surface area (Å²) in [7, 11) is 0.